The van der Waals surface area contributed by atoms with E-state index in [-0.39, 0.29) is 29.3 Å². The van der Waals surface area contributed by atoms with E-state index in [2.05, 4.69) is 20.6 Å². The molecule has 2 bridgehead atoms. The van der Waals surface area contributed by atoms with E-state index in [4.69, 9.17) is 0 Å². The van der Waals surface area contributed by atoms with E-state index >= 15 is 0 Å². The van der Waals surface area contributed by atoms with E-state index in [1.165, 1.54) is 36.3 Å². The molecule has 34 heavy (non-hydrogen) atoms. The van der Waals surface area contributed by atoms with Gasteiger partial charge in [0.15, 0.2) is 5.82 Å². The fourth-order valence-electron chi connectivity index (χ4n) is 3.90. The van der Waals surface area contributed by atoms with Gasteiger partial charge < -0.3 is 15.5 Å². The van der Waals surface area contributed by atoms with Crippen molar-refractivity contribution in [2.75, 3.05) is 35.3 Å². The van der Waals surface area contributed by atoms with Gasteiger partial charge in [0, 0.05) is 31.9 Å². The lowest BCUT2D eigenvalue weighted by Gasteiger charge is -2.35. The number of carbonyl (C=O) groups excluding carboxylic acids is 3. The molecule has 2 atom stereocenters. The summed E-state index contributed by atoms with van der Waals surface area (Å²) in [5.74, 6) is -1.04. The van der Waals surface area contributed by atoms with Gasteiger partial charge >= 0.3 is 12.2 Å². The maximum atomic E-state index is 13.2. The van der Waals surface area contributed by atoms with Crippen LogP contribution in [0.3, 0.4) is 0 Å². The third-order valence-electron chi connectivity index (χ3n) is 5.73. The fourth-order valence-corrected chi connectivity index (χ4v) is 3.90. The average molecular weight is 477 g/mol. The fraction of sp³-hybridized carbons (Fsp3) is 0.381. The number of fused-ring (bicyclic) bond motifs is 4. The van der Waals surface area contributed by atoms with Gasteiger partial charge in [0.1, 0.15) is 17.6 Å². The maximum absolute atomic E-state index is 13.2. The molecule has 2 aromatic heterocycles. The van der Waals surface area contributed by atoms with Gasteiger partial charge in [0.2, 0.25) is 0 Å². The Morgan fingerprint density at radius 3 is 2.65 bits per heavy atom. The van der Waals surface area contributed by atoms with Gasteiger partial charge in [-0.15, -0.1) is 0 Å². The van der Waals surface area contributed by atoms with Crippen LogP contribution in [0.15, 0.2) is 30.5 Å². The molecule has 2 aromatic rings. The second-order valence-electron chi connectivity index (χ2n) is 7.97. The van der Waals surface area contributed by atoms with Crippen LogP contribution in [0.1, 0.15) is 34.2 Å². The monoisotopic (exact) mass is 477 g/mol. The predicted molar refractivity (Wildman–Crippen MR) is 117 cm³/mol. The van der Waals surface area contributed by atoms with Crippen molar-refractivity contribution in [3.8, 4) is 0 Å². The molecular formula is C21H22F3N7O3. The van der Waals surface area contributed by atoms with Crippen molar-refractivity contribution in [1.82, 2.24) is 20.6 Å². The van der Waals surface area contributed by atoms with Crippen LogP contribution in [0.2, 0.25) is 0 Å². The number of alkyl halides is 3. The minimum absolute atomic E-state index is 0.140. The molecule has 1 saturated heterocycles. The molecule has 4 heterocycles. The van der Waals surface area contributed by atoms with Crippen molar-refractivity contribution >= 4 is 35.2 Å². The normalized spacial score (nSPS) is 17.6. The van der Waals surface area contributed by atoms with E-state index < -0.39 is 24.2 Å². The number of urea groups is 1. The highest BCUT2D eigenvalue weighted by molar-refractivity contribution is 6.05. The first-order valence-corrected chi connectivity index (χ1v) is 10.5. The molecule has 0 saturated carbocycles. The van der Waals surface area contributed by atoms with Gasteiger partial charge in [-0.1, -0.05) is 0 Å². The molecule has 10 nitrogen and oxygen atoms in total. The Morgan fingerprint density at radius 2 is 1.94 bits per heavy atom. The Hall–Kier alpha value is -3.90. The standard InChI is InChI=1S/C21H22F3N7O3/c1-11(21(22,23)24)27-19(33)14-3-4-15-17(28-14)31(13-6-8-30(15)10-13)20(34)29-16-9-12(5-7-26-16)18(32)25-2/h3-5,7,9,11,13H,6,8,10H2,1-2H3,(H,25,32)(H,27,33)(H,26,29,34)/t11-,13+/m1/s1. The molecule has 0 spiro atoms. The van der Waals surface area contributed by atoms with Gasteiger partial charge in [0.25, 0.3) is 11.8 Å². The molecule has 2 aliphatic rings. The molecular weight excluding hydrogens is 455 g/mol. The third kappa shape index (κ3) is 4.45. The van der Waals surface area contributed by atoms with Crippen LogP contribution in [0, 0.1) is 0 Å². The zero-order valence-electron chi connectivity index (χ0n) is 18.3. The van der Waals surface area contributed by atoms with Gasteiger partial charge in [-0.2, -0.15) is 13.2 Å². The van der Waals surface area contributed by atoms with E-state index in [1.54, 1.807) is 6.07 Å². The van der Waals surface area contributed by atoms with Crippen molar-refractivity contribution in [2.45, 2.75) is 31.6 Å². The smallest absolute Gasteiger partial charge is 0.366 e. The zero-order valence-corrected chi connectivity index (χ0v) is 18.3. The van der Waals surface area contributed by atoms with E-state index in [0.29, 0.717) is 30.8 Å². The van der Waals surface area contributed by atoms with Crippen molar-refractivity contribution in [1.29, 1.82) is 0 Å². The predicted octanol–water partition coefficient (Wildman–Crippen LogP) is 2.15. The van der Waals surface area contributed by atoms with Crippen molar-refractivity contribution in [3.05, 3.63) is 41.7 Å². The van der Waals surface area contributed by atoms with Crippen LogP contribution in [-0.2, 0) is 0 Å². The number of hydrogen-bond donors (Lipinski definition) is 3. The number of rotatable bonds is 4. The minimum Gasteiger partial charge on any atom is -0.366 e. The maximum Gasteiger partial charge on any atom is 0.408 e. The molecule has 0 unspecified atom stereocenters. The lowest BCUT2D eigenvalue weighted by Crippen LogP contribution is -2.49. The topological polar surface area (TPSA) is 120 Å². The second kappa shape index (κ2) is 8.80. The first-order chi connectivity index (χ1) is 16.1. The molecule has 0 aliphatic carbocycles. The lowest BCUT2D eigenvalue weighted by molar-refractivity contribution is -0.149. The first kappa shape index (κ1) is 23.3. The summed E-state index contributed by atoms with van der Waals surface area (Å²) in [5, 5.41) is 7.01. The highest BCUT2D eigenvalue weighted by atomic mass is 19.4. The van der Waals surface area contributed by atoms with Gasteiger partial charge in [0.05, 0.1) is 11.7 Å². The molecule has 2 aliphatic heterocycles. The number of carbonyl (C=O) groups is 3. The summed E-state index contributed by atoms with van der Waals surface area (Å²) >= 11 is 0. The zero-order chi connectivity index (χ0) is 24.6. The number of amides is 4. The molecule has 3 N–H and O–H groups in total. The largest absolute Gasteiger partial charge is 0.408 e. The Morgan fingerprint density at radius 1 is 1.18 bits per heavy atom. The summed E-state index contributed by atoms with van der Waals surface area (Å²) in [6.45, 7) is 2.04. The SMILES string of the molecule is CNC(=O)c1ccnc(NC(=O)N2c3nc(C(=O)N[C@H](C)C(F)(F)F)ccc3N3CC[C@H]2C3)c1. The third-order valence-corrected chi connectivity index (χ3v) is 5.73. The average Bonchev–Trinajstić information content (AvgIpc) is 3.21. The molecule has 0 aromatic carbocycles. The minimum atomic E-state index is -4.60. The summed E-state index contributed by atoms with van der Waals surface area (Å²) in [5.41, 5.74) is 0.654. The van der Waals surface area contributed by atoms with Crippen molar-refractivity contribution < 1.29 is 27.6 Å². The molecule has 0 radical (unpaired) electrons. The van der Waals surface area contributed by atoms with E-state index in [0.717, 1.165) is 6.92 Å². The lowest BCUT2D eigenvalue weighted by atomic mass is 10.1. The highest BCUT2D eigenvalue weighted by Gasteiger charge is 2.41. The van der Waals surface area contributed by atoms with Gasteiger partial charge in [-0.05, 0) is 37.6 Å². The van der Waals surface area contributed by atoms with Crippen LogP contribution in [0.4, 0.5) is 35.3 Å². The summed E-state index contributed by atoms with van der Waals surface area (Å²) in [6.07, 6.45) is -2.58. The summed E-state index contributed by atoms with van der Waals surface area (Å²) < 4.78 is 38.6. The van der Waals surface area contributed by atoms with Gasteiger partial charge in [-0.25, -0.2) is 14.8 Å². The Bertz CT molecular complexity index is 1140. The van der Waals surface area contributed by atoms with Crippen LogP contribution < -0.4 is 25.8 Å². The van der Waals surface area contributed by atoms with Crippen molar-refractivity contribution in [3.63, 3.8) is 0 Å². The number of hydrogen-bond acceptors (Lipinski definition) is 6. The van der Waals surface area contributed by atoms with Crippen LogP contribution in [-0.4, -0.2) is 66.2 Å². The number of aromatic nitrogens is 2. The summed E-state index contributed by atoms with van der Waals surface area (Å²) in [6, 6.07) is 2.92. The van der Waals surface area contributed by atoms with Crippen molar-refractivity contribution in [2.24, 2.45) is 0 Å². The van der Waals surface area contributed by atoms with Crippen LogP contribution >= 0.6 is 0 Å². The number of nitrogens with zero attached hydrogens (tertiary/aromatic N) is 4. The molecule has 13 heteroatoms. The Balaban J connectivity index is 1.61. The van der Waals surface area contributed by atoms with Crippen LogP contribution in [0.25, 0.3) is 0 Å². The molecule has 4 rings (SSSR count). The summed E-state index contributed by atoms with van der Waals surface area (Å²) in [4.78, 5) is 49.2. The number of anilines is 3. The van der Waals surface area contributed by atoms with Gasteiger partial charge in [-0.3, -0.25) is 19.8 Å². The highest BCUT2D eigenvalue weighted by Crippen LogP contribution is 2.39. The second-order valence-corrected chi connectivity index (χ2v) is 7.97. The number of pyridine rings is 2. The molecule has 4 amide bonds. The van der Waals surface area contributed by atoms with E-state index in [9.17, 15) is 27.6 Å². The van der Waals surface area contributed by atoms with Crippen LogP contribution in [0.5, 0.6) is 0 Å². The number of nitrogens with one attached hydrogen (secondary N) is 3. The number of halogens is 3. The first-order valence-electron chi connectivity index (χ1n) is 10.5. The van der Waals surface area contributed by atoms with E-state index in [1.807, 2.05) is 10.2 Å². The Kier molecular flexibility index (Phi) is 6.02. The Labute approximate surface area is 192 Å². The molecule has 1 fully saturated rings. The molecule has 180 valence electrons. The quantitative estimate of drug-likeness (QED) is 0.621. The summed E-state index contributed by atoms with van der Waals surface area (Å²) in [7, 11) is 1.48.